The fraction of sp³-hybridized carbons (Fsp3) is 0.222. The van der Waals surface area contributed by atoms with E-state index in [-0.39, 0.29) is 11.2 Å². The molecule has 3 aromatic rings. The molecule has 3 rings (SSSR count). The van der Waals surface area contributed by atoms with Crippen LogP contribution in [0.15, 0.2) is 40.0 Å². The second-order valence-corrected chi connectivity index (χ2v) is 7.07. The predicted octanol–water partition coefficient (Wildman–Crippen LogP) is 3.70. The summed E-state index contributed by atoms with van der Waals surface area (Å²) in [6.45, 7) is 5.60. The molecule has 0 radical (unpaired) electrons. The normalized spacial score (nSPS) is 12.4. The lowest BCUT2D eigenvalue weighted by Crippen LogP contribution is -2.22. The number of aromatic nitrogens is 4. The van der Waals surface area contributed by atoms with Gasteiger partial charge in [-0.2, -0.15) is 0 Å². The highest BCUT2D eigenvalue weighted by Crippen LogP contribution is 2.21. The maximum atomic E-state index is 12.2. The lowest BCUT2D eigenvalue weighted by molar-refractivity contribution is -0.115. The van der Waals surface area contributed by atoms with Crippen molar-refractivity contribution in [2.75, 3.05) is 5.32 Å². The number of hydrogen-bond donors (Lipinski definition) is 2. The van der Waals surface area contributed by atoms with Crippen LogP contribution in [0.2, 0.25) is 0 Å². The molecule has 0 fully saturated rings. The van der Waals surface area contributed by atoms with Gasteiger partial charge in [-0.3, -0.25) is 9.89 Å². The van der Waals surface area contributed by atoms with E-state index in [9.17, 15) is 4.79 Å². The Hall–Kier alpha value is -2.87. The molecular weight excluding hydrogens is 350 g/mol. The Morgan fingerprint density at radius 1 is 1.31 bits per heavy atom. The number of aromatic amines is 1. The lowest BCUT2D eigenvalue weighted by atomic mass is 10.1. The molecule has 8 heteroatoms. The van der Waals surface area contributed by atoms with Gasteiger partial charge >= 0.3 is 0 Å². The molecule has 7 nitrogen and oxygen atoms in total. The van der Waals surface area contributed by atoms with E-state index in [4.69, 9.17) is 4.52 Å². The van der Waals surface area contributed by atoms with Crippen molar-refractivity contribution in [1.29, 1.82) is 0 Å². The summed E-state index contributed by atoms with van der Waals surface area (Å²) in [4.78, 5) is 16.6. The third kappa shape index (κ3) is 4.60. The number of nitrogens with zero attached hydrogens (tertiary/aromatic N) is 3. The molecule has 1 amide bonds. The molecule has 0 saturated carbocycles. The van der Waals surface area contributed by atoms with E-state index >= 15 is 0 Å². The molecule has 0 aliphatic rings. The number of carbonyl (C=O) groups is 1. The Morgan fingerprint density at radius 3 is 2.85 bits per heavy atom. The first-order valence-corrected chi connectivity index (χ1v) is 8.96. The summed E-state index contributed by atoms with van der Waals surface area (Å²) >= 11 is 1.27. The highest BCUT2D eigenvalue weighted by atomic mass is 32.2. The van der Waals surface area contributed by atoms with Crippen molar-refractivity contribution in [1.82, 2.24) is 20.3 Å². The average molecular weight is 369 g/mol. The third-order valence-electron chi connectivity index (χ3n) is 3.62. The first-order valence-electron chi connectivity index (χ1n) is 8.08. The summed E-state index contributed by atoms with van der Waals surface area (Å²) in [5, 5.41) is 13.6. The zero-order valence-corrected chi connectivity index (χ0v) is 15.5. The number of aryl methyl sites for hydroxylation is 2. The van der Waals surface area contributed by atoms with Crippen LogP contribution in [0, 0.1) is 13.8 Å². The van der Waals surface area contributed by atoms with Crippen LogP contribution in [0.1, 0.15) is 29.6 Å². The van der Waals surface area contributed by atoms with Gasteiger partial charge in [-0.05, 0) is 38.0 Å². The number of nitrogens with one attached hydrogen (secondary N) is 2. The number of rotatable bonds is 6. The second kappa shape index (κ2) is 8.01. The van der Waals surface area contributed by atoms with E-state index in [1.54, 1.807) is 19.9 Å². The van der Waals surface area contributed by atoms with Crippen molar-refractivity contribution < 1.29 is 9.32 Å². The molecule has 0 bridgehead atoms. The van der Waals surface area contributed by atoms with Crippen molar-refractivity contribution >= 4 is 35.6 Å². The Morgan fingerprint density at radius 2 is 2.12 bits per heavy atom. The average Bonchev–Trinajstić information content (AvgIpc) is 3.23. The number of thioether (sulfide) groups is 1. The third-order valence-corrected chi connectivity index (χ3v) is 4.58. The summed E-state index contributed by atoms with van der Waals surface area (Å²) in [7, 11) is 0. The van der Waals surface area contributed by atoms with Gasteiger partial charge in [-0.1, -0.05) is 47.3 Å². The minimum atomic E-state index is -0.379. The fourth-order valence-electron chi connectivity index (χ4n) is 2.19. The standard InChI is InChI=1S/C18H19N5O2S/c1-11-6-4-5-7-14(11)8-9-15-20-18(22-21-15)26-13(3)17(24)19-16-10-12(2)25-23-16/h4-10,13H,1-3H3,(H,19,23,24)(H,20,21,22). The van der Waals surface area contributed by atoms with Gasteiger partial charge in [0.25, 0.3) is 0 Å². The quantitative estimate of drug-likeness (QED) is 0.643. The van der Waals surface area contributed by atoms with Crippen LogP contribution in [0.5, 0.6) is 0 Å². The number of benzene rings is 1. The number of H-pyrrole nitrogens is 1. The van der Waals surface area contributed by atoms with Crippen molar-refractivity contribution in [2.45, 2.75) is 31.2 Å². The number of carbonyl (C=O) groups excluding carboxylic acids is 1. The van der Waals surface area contributed by atoms with Crippen LogP contribution in [0.25, 0.3) is 12.2 Å². The highest BCUT2D eigenvalue weighted by molar-refractivity contribution is 8.00. The second-order valence-electron chi connectivity index (χ2n) is 5.77. The first kappa shape index (κ1) is 17.9. The molecule has 26 heavy (non-hydrogen) atoms. The van der Waals surface area contributed by atoms with Crippen LogP contribution >= 0.6 is 11.8 Å². The summed E-state index contributed by atoms with van der Waals surface area (Å²) in [5.74, 6) is 1.48. The Bertz CT molecular complexity index is 931. The van der Waals surface area contributed by atoms with Crippen molar-refractivity contribution in [3.63, 3.8) is 0 Å². The minimum Gasteiger partial charge on any atom is -0.360 e. The first-order chi connectivity index (χ1) is 12.5. The smallest absolute Gasteiger partial charge is 0.238 e. The minimum absolute atomic E-state index is 0.190. The molecule has 0 aliphatic carbocycles. The molecule has 2 heterocycles. The summed E-state index contributed by atoms with van der Waals surface area (Å²) < 4.78 is 4.93. The van der Waals surface area contributed by atoms with E-state index in [0.717, 1.165) is 5.56 Å². The molecule has 1 atom stereocenters. The summed E-state index contributed by atoms with van der Waals surface area (Å²) in [5.41, 5.74) is 2.31. The van der Waals surface area contributed by atoms with Gasteiger partial charge in [0.05, 0.1) is 5.25 Å². The van der Waals surface area contributed by atoms with Crippen molar-refractivity contribution in [2.24, 2.45) is 0 Å². The molecule has 2 aromatic heterocycles. The number of hydrogen-bond acceptors (Lipinski definition) is 6. The van der Waals surface area contributed by atoms with E-state index in [0.29, 0.717) is 22.6 Å². The molecule has 1 unspecified atom stereocenters. The van der Waals surface area contributed by atoms with Gasteiger partial charge in [0, 0.05) is 6.07 Å². The zero-order chi connectivity index (χ0) is 18.5. The van der Waals surface area contributed by atoms with Gasteiger partial charge in [0.1, 0.15) is 11.6 Å². The van der Waals surface area contributed by atoms with Crippen LogP contribution in [0.4, 0.5) is 5.82 Å². The predicted molar refractivity (Wildman–Crippen MR) is 102 cm³/mol. The topological polar surface area (TPSA) is 96.7 Å². The number of amides is 1. The molecular formula is C18H19N5O2S. The van der Waals surface area contributed by atoms with Crippen LogP contribution in [-0.2, 0) is 4.79 Å². The van der Waals surface area contributed by atoms with Gasteiger partial charge in [0.2, 0.25) is 11.1 Å². The summed E-state index contributed by atoms with van der Waals surface area (Å²) in [6, 6.07) is 9.75. The SMILES string of the molecule is Cc1cc(NC(=O)C(C)Sc2n[nH]c(C=Cc3ccccc3C)n2)no1. The lowest BCUT2D eigenvalue weighted by Gasteiger charge is -2.07. The molecule has 134 valence electrons. The van der Waals surface area contributed by atoms with Gasteiger partial charge in [0.15, 0.2) is 5.82 Å². The van der Waals surface area contributed by atoms with Crippen molar-refractivity contribution in [3.8, 4) is 0 Å². The fourth-order valence-corrected chi connectivity index (χ4v) is 2.92. The number of anilines is 1. The largest absolute Gasteiger partial charge is 0.360 e. The monoisotopic (exact) mass is 369 g/mol. The van der Waals surface area contributed by atoms with Gasteiger partial charge in [-0.25, -0.2) is 4.98 Å². The molecule has 1 aromatic carbocycles. The van der Waals surface area contributed by atoms with E-state index in [1.807, 2.05) is 30.4 Å². The van der Waals surface area contributed by atoms with Gasteiger partial charge in [-0.15, -0.1) is 5.10 Å². The van der Waals surface area contributed by atoms with Crippen LogP contribution in [0.3, 0.4) is 0 Å². The van der Waals surface area contributed by atoms with E-state index in [2.05, 4.69) is 38.6 Å². The van der Waals surface area contributed by atoms with Gasteiger partial charge < -0.3 is 9.84 Å². The van der Waals surface area contributed by atoms with Crippen LogP contribution in [-0.4, -0.2) is 31.5 Å². The molecule has 0 aliphatic heterocycles. The molecule has 0 saturated heterocycles. The Labute approximate surface area is 155 Å². The molecule has 2 N–H and O–H groups in total. The highest BCUT2D eigenvalue weighted by Gasteiger charge is 2.18. The maximum Gasteiger partial charge on any atom is 0.238 e. The van der Waals surface area contributed by atoms with E-state index in [1.165, 1.54) is 17.3 Å². The Balaban J connectivity index is 1.59. The van der Waals surface area contributed by atoms with Crippen LogP contribution < -0.4 is 5.32 Å². The molecule has 0 spiro atoms. The van der Waals surface area contributed by atoms with E-state index < -0.39 is 0 Å². The summed E-state index contributed by atoms with van der Waals surface area (Å²) in [6.07, 6.45) is 3.84. The zero-order valence-electron chi connectivity index (χ0n) is 14.7. The van der Waals surface area contributed by atoms with Crippen molar-refractivity contribution in [3.05, 3.63) is 53.0 Å². The maximum absolute atomic E-state index is 12.2. The Kier molecular flexibility index (Phi) is 5.52.